The van der Waals surface area contributed by atoms with Crippen molar-refractivity contribution in [2.24, 2.45) is 0 Å². The lowest BCUT2D eigenvalue weighted by atomic mass is 9.82. The van der Waals surface area contributed by atoms with Crippen molar-refractivity contribution in [2.45, 2.75) is 24.8 Å². The zero-order valence-corrected chi connectivity index (χ0v) is 12.6. The second-order valence-corrected chi connectivity index (χ2v) is 5.78. The summed E-state index contributed by atoms with van der Waals surface area (Å²) in [5.74, 6) is 1.42. The van der Waals surface area contributed by atoms with Gasteiger partial charge in [-0.25, -0.2) is 0 Å². The summed E-state index contributed by atoms with van der Waals surface area (Å²) >= 11 is 3.33. The molecule has 3 rings (SSSR count). The first kappa shape index (κ1) is 14.0. The Kier molecular flexibility index (Phi) is 4.09. The van der Waals surface area contributed by atoms with Gasteiger partial charge in [-0.05, 0) is 48.4 Å². The molecule has 0 amide bonds. The quantitative estimate of drug-likeness (QED) is 0.791. The van der Waals surface area contributed by atoms with Crippen LogP contribution in [0.4, 0.5) is 0 Å². The minimum Gasteiger partial charge on any atom is -0.503 e. The Bertz CT molecular complexity index is 455. The maximum absolute atomic E-state index is 10.0. The third-order valence-corrected chi connectivity index (χ3v) is 4.61. The number of likely N-dealkylation sites (N-methyl/N-ethyl adjacent to an activating group) is 1. The number of rotatable bonds is 0. The van der Waals surface area contributed by atoms with Crippen LogP contribution >= 0.6 is 28.3 Å². The number of hydrogen-bond acceptors (Lipinski definition) is 3. The summed E-state index contributed by atoms with van der Waals surface area (Å²) in [6, 6.07) is 4.45. The molecule has 1 N–H and O–H groups in total. The van der Waals surface area contributed by atoms with E-state index in [2.05, 4.69) is 33.9 Å². The standard InChI is InChI=1S/C13H16BrNO2.ClH/c1-15-6-2-3-8-9-4-5-10(14)12(16)13(9)17-7-11(8)15;/h4-5,8,11,16H,2-3,6-7H2,1H3;1H/t8-,11-;/m0./s1. The number of aromatic hydroxyl groups is 1. The second kappa shape index (κ2) is 5.27. The van der Waals surface area contributed by atoms with Crippen LogP contribution in [0.2, 0.25) is 0 Å². The number of phenols is 1. The number of ether oxygens (including phenoxy) is 1. The lowest BCUT2D eigenvalue weighted by molar-refractivity contribution is 0.0848. The molecule has 2 heterocycles. The van der Waals surface area contributed by atoms with E-state index >= 15 is 0 Å². The Labute approximate surface area is 122 Å². The van der Waals surface area contributed by atoms with E-state index in [0.29, 0.717) is 28.8 Å². The molecule has 0 bridgehead atoms. The van der Waals surface area contributed by atoms with E-state index < -0.39 is 0 Å². The normalized spacial score (nSPS) is 26.6. The van der Waals surface area contributed by atoms with Crippen LogP contribution in [0, 0.1) is 0 Å². The van der Waals surface area contributed by atoms with Crippen molar-refractivity contribution < 1.29 is 9.84 Å². The van der Waals surface area contributed by atoms with Gasteiger partial charge in [-0.2, -0.15) is 0 Å². The number of phenolic OH excluding ortho intramolecular Hbond substituents is 1. The average Bonchev–Trinajstić information content (AvgIpc) is 2.34. The summed E-state index contributed by atoms with van der Waals surface area (Å²) in [6.07, 6.45) is 2.40. The van der Waals surface area contributed by atoms with Crippen LogP contribution in [0.25, 0.3) is 0 Å². The number of hydrogen-bond donors (Lipinski definition) is 1. The molecule has 2 aliphatic rings. The first-order valence-electron chi connectivity index (χ1n) is 6.03. The van der Waals surface area contributed by atoms with E-state index in [1.54, 1.807) is 0 Å². The molecule has 0 spiro atoms. The predicted octanol–water partition coefficient (Wildman–Crippen LogP) is 3.15. The van der Waals surface area contributed by atoms with Crippen molar-refractivity contribution in [1.29, 1.82) is 0 Å². The molecule has 2 atom stereocenters. The van der Waals surface area contributed by atoms with Gasteiger partial charge < -0.3 is 9.84 Å². The highest BCUT2D eigenvalue weighted by molar-refractivity contribution is 9.10. The highest BCUT2D eigenvalue weighted by atomic mass is 79.9. The highest BCUT2D eigenvalue weighted by Gasteiger charge is 2.37. The third-order valence-electron chi connectivity index (χ3n) is 3.97. The predicted molar refractivity (Wildman–Crippen MR) is 76.9 cm³/mol. The number of piperidine rings is 1. The SMILES string of the molecule is CN1CCC[C@H]2c3ccc(Br)c(O)c3OC[C@@H]21.Cl. The van der Waals surface area contributed by atoms with Gasteiger partial charge in [0.2, 0.25) is 0 Å². The Morgan fingerprint density at radius 2 is 2.22 bits per heavy atom. The molecule has 1 aromatic carbocycles. The zero-order valence-electron chi connectivity index (χ0n) is 10.2. The van der Waals surface area contributed by atoms with Gasteiger partial charge in [0.15, 0.2) is 11.5 Å². The molecule has 100 valence electrons. The Morgan fingerprint density at radius 3 is 3.00 bits per heavy atom. The zero-order chi connectivity index (χ0) is 12.0. The minimum absolute atomic E-state index is 0. The van der Waals surface area contributed by atoms with Gasteiger partial charge in [-0.15, -0.1) is 12.4 Å². The molecule has 0 unspecified atom stereocenters. The van der Waals surface area contributed by atoms with Crippen LogP contribution in [0.1, 0.15) is 24.3 Å². The summed E-state index contributed by atoms with van der Waals surface area (Å²) in [6.45, 7) is 1.82. The topological polar surface area (TPSA) is 32.7 Å². The van der Waals surface area contributed by atoms with E-state index in [1.807, 2.05) is 6.07 Å². The van der Waals surface area contributed by atoms with Crippen molar-refractivity contribution >= 4 is 28.3 Å². The Hall–Kier alpha value is -0.450. The Morgan fingerprint density at radius 1 is 1.44 bits per heavy atom. The molecule has 18 heavy (non-hydrogen) atoms. The van der Waals surface area contributed by atoms with E-state index in [9.17, 15) is 5.11 Å². The van der Waals surface area contributed by atoms with E-state index in [0.717, 1.165) is 12.1 Å². The molecule has 3 nitrogen and oxygen atoms in total. The second-order valence-electron chi connectivity index (χ2n) is 4.92. The van der Waals surface area contributed by atoms with Gasteiger partial charge in [-0.1, -0.05) is 6.07 Å². The molecular formula is C13H17BrClNO2. The monoisotopic (exact) mass is 333 g/mol. The molecule has 0 radical (unpaired) electrons. The summed E-state index contributed by atoms with van der Waals surface area (Å²) < 4.78 is 6.46. The average molecular weight is 335 g/mol. The van der Waals surface area contributed by atoms with E-state index in [4.69, 9.17) is 4.74 Å². The molecule has 0 aromatic heterocycles. The van der Waals surface area contributed by atoms with Gasteiger partial charge >= 0.3 is 0 Å². The van der Waals surface area contributed by atoms with Crippen LogP contribution in [0.5, 0.6) is 11.5 Å². The van der Waals surface area contributed by atoms with Crippen molar-refractivity contribution in [3.8, 4) is 11.5 Å². The van der Waals surface area contributed by atoms with Crippen LogP contribution in [-0.4, -0.2) is 36.2 Å². The van der Waals surface area contributed by atoms with Gasteiger partial charge in [0.1, 0.15) is 6.61 Å². The summed E-state index contributed by atoms with van der Waals surface area (Å²) in [5.41, 5.74) is 1.16. The van der Waals surface area contributed by atoms with Crippen LogP contribution in [0.15, 0.2) is 16.6 Å². The van der Waals surface area contributed by atoms with Crippen molar-refractivity contribution in [3.63, 3.8) is 0 Å². The van der Waals surface area contributed by atoms with Gasteiger partial charge in [-0.3, -0.25) is 4.90 Å². The molecule has 1 aromatic rings. The van der Waals surface area contributed by atoms with Crippen molar-refractivity contribution in [1.82, 2.24) is 4.90 Å². The largest absolute Gasteiger partial charge is 0.503 e. The number of benzene rings is 1. The van der Waals surface area contributed by atoms with Crippen molar-refractivity contribution in [3.05, 3.63) is 22.2 Å². The molecule has 1 saturated heterocycles. The lowest BCUT2D eigenvalue weighted by Gasteiger charge is -2.42. The smallest absolute Gasteiger partial charge is 0.172 e. The maximum atomic E-state index is 10.0. The number of nitrogens with zero attached hydrogens (tertiary/aromatic N) is 1. The molecule has 1 fully saturated rings. The molecule has 0 saturated carbocycles. The summed E-state index contributed by atoms with van der Waals surface area (Å²) in [7, 11) is 2.16. The van der Waals surface area contributed by atoms with Gasteiger partial charge in [0.05, 0.1) is 10.5 Å². The van der Waals surface area contributed by atoms with Gasteiger partial charge in [0, 0.05) is 11.5 Å². The Balaban J connectivity index is 0.00000120. The van der Waals surface area contributed by atoms with Gasteiger partial charge in [0.25, 0.3) is 0 Å². The third kappa shape index (κ3) is 2.10. The first-order valence-corrected chi connectivity index (χ1v) is 6.82. The molecule has 0 aliphatic carbocycles. The van der Waals surface area contributed by atoms with Crippen LogP contribution < -0.4 is 4.74 Å². The fourth-order valence-electron chi connectivity index (χ4n) is 3.01. The fourth-order valence-corrected chi connectivity index (χ4v) is 3.32. The lowest BCUT2D eigenvalue weighted by Crippen LogP contribution is -2.47. The molecule has 2 aliphatic heterocycles. The molecular weight excluding hydrogens is 318 g/mol. The summed E-state index contributed by atoms with van der Waals surface area (Å²) in [5, 5.41) is 10.0. The maximum Gasteiger partial charge on any atom is 0.172 e. The van der Waals surface area contributed by atoms with E-state index in [1.165, 1.54) is 12.8 Å². The fraction of sp³-hybridized carbons (Fsp3) is 0.538. The number of fused-ring (bicyclic) bond motifs is 3. The van der Waals surface area contributed by atoms with Crippen molar-refractivity contribution in [2.75, 3.05) is 20.2 Å². The summed E-state index contributed by atoms with van der Waals surface area (Å²) in [4.78, 5) is 2.37. The van der Waals surface area contributed by atoms with Crippen LogP contribution in [-0.2, 0) is 0 Å². The number of halogens is 2. The minimum atomic E-state index is 0. The number of likely N-dealkylation sites (tertiary alicyclic amines) is 1. The van der Waals surface area contributed by atoms with Crippen LogP contribution in [0.3, 0.4) is 0 Å². The van der Waals surface area contributed by atoms with E-state index in [-0.39, 0.29) is 18.2 Å². The first-order chi connectivity index (χ1) is 8.18. The highest BCUT2D eigenvalue weighted by Crippen LogP contribution is 2.47. The molecule has 5 heteroatoms.